The molecule has 0 aliphatic carbocycles. The van der Waals surface area contributed by atoms with Crippen molar-refractivity contribution >= 4 is 33.4 Å². The van der Waals surface area contributed by atoms with Gasteiger partial charge in [-0.2, -0.15) is 0 Å². The van der Waals surface area contributed by atoms with Gasteiger partial charge in [0, 0.05) is 6.92 Å². The molecular weight excluding hydrogens is 240 g/mol. The minimum absolute atomic E-state index is 0.370. The molecule has 1 heterocycles. The van der Waals surface area contributed by atoms with E-state index in [0.29, 0.717) is 11.3 Å². The number of fused-ring (bicyclic) bond motifs is 1. The molecule has 0 saturated carbocycles. The lowest BCUT2D eigenvalue weighted by Crippen LogP contribution is -2.05. The first kappa shape index (κ1) is 11.6. The zero-order valence-corrected chi connectivity index (χ0v) is 10.2. The molecule has 0 aliphatic heterocycles. The lowest BCUT2D eigenvalue weighted by Gasteiger charge is -2.05. The SMILES string of the molecule is COC(=O)c1cc(OC(C)=O)c2sccc2c1. The van der Waals surface area contributed by atoms with Crippen LogP contribution in [0.3, 0.4) is 0 Å². The molecule has 0 N–H and O–H groups in total. The Balaban J connectivity index is 2.58. The highest BCUT2D eigenvalue weighted by molar-refractivity contribution is 7.17. The average Bonchev–Trinajstić information content (AvgIpc) is 2.75. The van der Waals surface area contributed by atoms with Gasteiger partial charge in [-0.15, -0.1) is 11.3 Å². The zero-order chi connectivity index (χ0) is 12.4. The molecule has 2 aromatic rings. The summed E-state index contributed by atoms with van der Waals surface area (Å²) in [5, 5.41) is 2.73. The van der Waals surface area contributed by atoms with Crippen LogP contribution in [0.15, 0.2) is 23.6 Å². The van der Waals surface area contributed by atoms with Gasteiger partial charge in [0.05, 0.1) is 17.4 Å². The van der Waals surface area contributed by atoms with E-state index in [1.54, 1.807) is 6.07 Å². The predicted octanol–water partition coefficient (Wildman–Crippen LogP) is 2.61. The molecule has 88 valence electrons. The maximum absolute atomic E-state index is 11.5. The summed E-state index contributed by atoms with van der Waals surface area (Å²) in [7, 11) is 1.31. The van der Waals surface area contributed by atoms with Gasteiger partial charge in [-0.1, -0.05) is 0 Å². The Morgan fingerprint density at radius 3 is 2.71 bits per heavy atom. The molecule has 1 aromatic heterocycles. The molecule has 0 spiro atoms. The molecular formula is C12H10O4S. The first-order chi connectivity index (χ1) is 8.11. The number of thiophene rings is 1. The third kappa shape index (κ3) is 2.29. The fourth-order valence-electron chi connectivity index (χ4n) is 1.52. The molecule has 0 radical (unpaired) electrons. The number of rotatable bonds is 2. The minimum Gasteiger partial charge on any atom is -0.465 e. The summed E-state index contributed by atoms with van der Waals surface area (Å²) >= 11 is 1.45. The Morgan fingerprint density at radius 2 is 2.06 bits per heavy atom. The van der Waals surface area contributed by atoms with Crippen molar-refractivity contribution in [1.29, 1.82) is 0 Å². The van der Waals surface area contributed by atoms with Crippen LogP contribution >= 0.6 is 11.3 Å². The van der Waals surface area contributed by atoms with E-state index >= 15 is 0 Å². The summed E-state index contributed by atoms with van der Waals surface area (Å²) in [4.78, 5) is 22.5. The van der Waals surface area contributed by atoms with E-state index in [-0.39, 0.29) is 0 Å². The first-order valence-electron chi connectivity index (χ1n) is 4.90. The number of benzene rings is 1. The third-order valence-electron chi connectivity index (χ3n) is 2.19. The number of hydrogen-bond donors (Lipinski definition) is 0. The van der Waals surface area contributed by atoms with Gasteiger partial charge in [0.1, 0.15) is 5.75 Å². The Labute approximate surface area is 102 Å². The van der Waals surface area contributed by atoms with Crippen molar-refractivity contribution in [2.45, 2.75) is 6.92 Å². The van der Waals surface area contributed by atoms with Crippen molar-refractivity contribution in [3.05, 3.63) is 29.1 Å². The summed E-state index contributed by atoms with van der Waals surface area (Å²) < 4.78 is 10.6. The van der Waals surface area contributed by atoms with Crippen LogP contribution < -0.4 is 4.74 Å². The van der Waals surface area contributed by atoms with E-state index in [9.17, 15) is 9.59 Å². The topological polar surface area (TPSA) is 52.6 Å². The normalized spacial score (nSPS) is 10.2. The van der Waals surface area contributed by atoms with E-state index in [1.165, 1.54) is 31.4 Å². The van der Waals surface area contributed by atoms with E-state index < -0.39 is 11.9 Å². The van der Waals surface area contributed by atoms with E-state index in [1.807, 2.05) is 11.4 Å². The van der Waals surface area contributed by atoms with Crippen LogP contribution in [-0.4, -0.2) is 19.0 Å². The van der Waals surface area contributed by atoms with Crippen molar-refractivity contribution in [3.63, 3.8) is 0 Å². The highest BCUT2D eigenvalue weighted by atomic mass is 32.1. The van der Waals surface area contributed by atoms with Gasteiger partial charge in [0.2, 0.25) is 0 Å². The fourth-order valence-corrected chi connectivity index (χ4v) is 2.35. The molecule has 0 amide bonds. The van der Waals surface area contributed by atoms with Crippen LogP contribution in [0, 0.1) is 0 Å². The second kappa shape index (κ2) is 4.55. The zero-order valence-electron chi connectivity index (χ0n) is 9.35. The van der Waals surface area contributed by atoms with Gasteiger partial charge in [-0.25, -0.2) is 4.79 Å². The monoisotopic (exact) mass is 250 g/mol. The summed E-state index contributed by atoms with van der Waals surface area (Å²) in [6.07, 6.45) is 0. The van der Waals surface area contributed by atoms with Gasteiger partial charge in [0.25, 0.3) is 0 Å². The number of carbonyl (C=O) groups is 2. The van der Waals surface area contributed by atoms with Crippen molar-refractivity contribution in [2.24, 2.45) is 0 Å². The quantitative estimate of drug-likeness (QED) is 0.607. The van der Waals surface area contributed by atoms with Crippen molar-refractivity contribution < 1.29 is 19.1 Å². The highest BCUT2D eigenvalue weighted by Crippen LogP contribution is 2.32. The van der Waals surface area contributed by atoms with Crippen LogP contribution in [0.25, 0.3) is 10.1 Å². The van der Waals surface area contributed by atoms with Crippen LogP contribution in [-0.2, 0) is 9.53 Å². The molecule has 17 heavy (non-hydrogen) atoms. The van der Waals surface area contributed by atoms with Gasteiger partial charge < -0.3 is 9.47 Å². The Hall–Kier alpha value is -1.88. The standard InChI is InChI=1S/C12H10O4S/c1-7(13)16-10-6-9(12(14)15-2)5-8-3-4-17-11(8)10/h3-6H,1-2H3. The van der Waals surface area contributed by atoms with E-state index in [4.69, 9.17) is 4.74 Å². The molecule has 4 nitrogen and oxygen atoms in total. The Morgan fingerprint density at radius 1 is 1.29 bits per heavy atom. The predicted molar refractivity (Wildman–Crippen MR) is 64.5 cm³/mol. The van der Waals surface area contributed by atoms with Crippen LogP contribution in [0.5, 0.6) is 5.75 Å². The molecule has 0 bridgehead atoms. The van der Waals surface area contributed by atoms with Crippen LogP contribution in [0.2, 0.25) is 0 Å². The number of carbonyl (C=O) groups excluding carboxylic acids is 2. The van der Waals surface area contributed by atoms with Gasteiger partial charge >= 0.3 is 11.9 Å². The smallest absolute Gasteiger partial charge is 0.338 e. The van der Waals surface area contributed by atoms with E-state index in [0.717, 1.165) is 10.1 Å². The lowest BCUT2D eigenvalue weighted by atomic mass is 10.1. The molecule has 0 saturated heterocycles. The van der Waals surface area contributed by atoms with Crippen molar-refractivity contribution in [1.82, 2.24) is 0 Å². The summed E-state index contributed by atoms with van der Waals surface area (Å²) in [6, 6.07) is 5.09. The second-order valence-electron chi connectivity index (χ2n) is 3.40. The number of ether oxygens (including phenoxy) is 2. The lowest BCUT2D eigenvalue weighted by molar-refractivity contribution is -0.131. The fraction of sp³-hybridized carbons (Fsp3) is 0.167. The highest BCUT2D eigenvalue weighted by Gasteiger charge is 2.13. The van der Waals surface area contributed by atoms with E-state index in [2.05, 4.69) is 4.74 Å². The summed E-state index contributed by atoms with van der Waals surface area (Å²) in [5.74, 6) is -0.474. The number of esters is 2. The van der Waals surface area contributed by atoms with Crippen molar-refractivity contribution in [2.75, 3.05) is 7.11 Å². The molecule has 0 unspecified atom stereocenters. The van der Waals surface area contributed by atoms with Gasteiger partial charge in [-0.3, -0.25) is 4.79 Å². The Kier molecular flexibility index (Phi) is 3.10. The van der Waals surface area contributed by atoms with Crippen LogP contribution in [0.1, 0.15) is 17.3 Å². The molecule has 0 fully saturated rings. The average molecular weight is 250 g/mol. The molecule has 2 rings (SSSR count). The second-order valence-corrected chi connectivity index (χ2v) is 4.31. The summed E-state index contributed by atoms with van der Waals surface area (Å²) in [5.41, 5.74) is 0.370. The minimum atomic E-state index is -0.452. The number of methoxy groups -OCH3 is 1. The molecule has 1 aromatic carbocycles. The Bertz CT molecular complexity index is 585. The van der Waals surface area contributed by atoms with Gasteiger partial charge in [-0.05, 0) is 29.0 Å². The van der Waals surface area contributed by atoms with Crippen LogP contribution in [0.4, 0.5) is 0 Å². The maximum atomic E-state index is 11.5. The molecule has 0 atom stereocenters. The maximum Gasteiger partial charge on any atom is 0.338 e. The largest absolute Gasteiger partial charge is 0.465 e. The number of hydrogen-bond acceptors (Lipinski definition) is 5. The summed E-state index contributed by atoms with van der Waals surface area (Å²) in [6.45, 7) is 1.32. The molecule has 0 aliphatic rings. The molecule has 5 heteroatoms. The third-order valence-corrected chi connectivity index (χ3v) is 3.14. The van der Waals surface area contributed by atoms with Gasteiger partial charge in [0.15, 0.2) is 0 Å². The first-order valence-corrected chi connectivity index (χ1v) is 5.78. The van der Waals surface area contributed by atoms with Crippen molar-refractivity contribution in [3.8, 4) is 5.75 Å².